The molecule has 0 aromatic carbocycles. The number of nitrogens with zero attached hydrogens (tertiary/aromatic N) is 3. The summed E-state index contributed by atoms with van der Waals surface area (Å²) in [5, 5.41) is 0. The molecule has 1 aliphatic heterocycles. The van der Waals surface area contributed by atoms with E-state index in [9.17, 15) is 0 Å². The van der Waals surface area contributed by atoms with Gasteiger partial charge >= 0.3 is 0 Å². The average Bonchev–Trinajstić information content (AvgIpc) is 2.34. The molecule has 1 aliphatic rings. The van der Waals surface area contributed by atoms with Crippen molar-refractivity contribution in [2.24, 2.45) is 3.15 Å². The zero-order valence-electron chi connectivity index (χ0n) is 5.45. The molecule has 0 aliphatic carbocycles. The number of anilines is 1. The van der Waals surface area contributed by atoms with Gasteiger partial charge in [-0.05, 0) is 12.1 Å². The lowest BCUT2D eigenvalue weighted by molar-refractivity contribution is 1.27. The number of hydrogen-bond acceptors (Lipinski definition) is 3. The van der Waals surface area contributed by atoms with Crippen molar-refractivity contribution in [3.63, 3.8) is 0 Å². The van der Waals surface area contributed by atoms with E-state index in [1.165, 1.54) is 5.69 Å². The van der Waals surface area contributed by atoms with Gasteiger partial charge in [0.05, 0.1) is 5.69 Å². The van der Waals surface area contributed by atoms with Crippen molar-refractivity contribution in [1.82, 2.24) is 4.98 Å². The molecule has 52 valence electrons. The van der Waals surface area contributed by atoms with Gasteiger partial charge in [-0.25, -0.2) is 4.98 Å². The summed E-state index contributed by atoms with van der Waals surface area (Å²) in [6.07, 6.45) is 1.78. The van der Waals surface area contributed by atoms with Crippen molar-refractivity contribution in [3.05, 3.63) is 18.3 Å². The van der Waals surface area contributed by atoms with Gasteiger partial charge in [-0.1, -0.05) is 0 Å². The van der Waals surface area contributed by atoms with Crippen LogP contribution in [0.4, 0.5) is 11.5 Å². The molecule has 0 unspecified atom stereocenters. The molecule has 0 saturated heterocycles. The van der Waals surface area contributed by atoms with Crippen LogP contribution in [-0.4, -0.2) is 12.0 Å². The molecule has 2 heterocycles. The lowest BCUT2D eigenvalue weighted by Crippen LogP contribution is -1.97. The summed E-state index contributed by atoms with van der Waals surface area (Å²) in [6, 6.07) is 4.00. The first-order valence-corrected chi connectivity index (χ1v) is 4.85. The first-order valence-electron chi connectivity index (χ1n) is 2.92. The van der Waals surface area contributed by atoms with Crippen LogP contribution in [0.15, 0.2) is 21.5 Å². The average molecular weight is 247 g/mol. The predicted octanol–water partition coefficient (Wildman–Crippen LogP) is 2.23. The van der Waals surface area contributed by atoms with Gasteiger partial charge in [0.25, 0.3) is 0 Å². The molecule has 0 bridgehead atoms. The van der Waals surface area contributed by atoms with E-state index in [4.69, 9.17) is 0 Å². The molecule has 10 heavy (non-hydrogen) atoms. The highest BCUT2D eigenvalue weighted by Gasteiger charge is 2.11. The standard InChI is InChI=1S/C6H6IN3/c1-10-5-3-2-4-8-6(5)9-7-10/h2-4H,1H3. The van der Waals surface area contributed by atoms with Crippen molar-refractivity contribution in [2.75, 3.05) is 10.2 Å². The first kappa shape index (κ1) is 6.21. The fourth-order valence-electron chi connectivity index (χ4n) is 0.827. The summed E-state index contributed by atoms with van der Waals surface area (Å²) in [4.78, 5) is 4.13. The maximum Gasteiger partial charge on any atom is 0.183 e. The van der Waals surface area contributed by atoms with Crippen LogP contribution >= 0.6 is 21.3 Å². The second-order valence-electron chi connectivity index (χ2n) is 1.98. The summed E-state index contributed by atoms with van der Waals surface area (Å²) in [5.74, 6) is 0.915. The Labute approximate surface area is 69.6 Å². The minimum absolute atomic E-state index is 0.154. The Hall–Kier alpha value is -0.520. The predicted molar refractivity (Wildman–Crippen MR) is 48.7 cm³/mol. The van der Waals surface area contributed by atoms with Crippen molar-refractivity contribution in [1.29, 1.82) is 0 Å². The SMILES string of the molecule is CN1I=Nc2ncccc21. The van der Waals surface area contributed by atoms with Gasteiger partial charge in [0.15, 0.2) is 5.82 Å². The first-order chi connectivity index (χ1) is 4.88. The molecule has 1 aromatic heterocycles. The number of aromatic nitrogens is 1. The summed E-state index contributed by atoms with van der Waals surface area (Å²) < 4.78 is 6.49. The Kier molecular flexibility index (Phi) is 1.40. The molecule has 0 N–H and O–H groups in total. The van der Waals surface area contributed by atoms with Crippen LogP contribution in [-0.2, 0) is 0 Å². The van der Waals surface area contributed by atoms with Gasteiger partial charge in [0, 0.05) is 13.2 Å². The molecule has 0 amide bonds. The summed E-state index contributed by atoms with van der Waals surface area (Å²) in [5.41, 5.74) is 1.18. The van der Waals surface area contributed by atoms with E-state index in [0.29, 0.717) is 0 Å². The second-order valence-corrected chi connectivity index (χ2v) is 4.34. The third kappa shape index (κ3) is 0.828. The van der Waals surface area contributed by atoms with Crippen molar-refractivity contribution in [2.45, 2.75) is 0 Å². The lowest BCUT2D eigenvalue weighted by atomic mass is 10.4. The Morgan fingerprint density at radius 3 is 3.30 bits per heavy atom. The maximum absolute atomic E-state index is 4.31. The van der Waals surface area contributed by atoms with Gasteiger partial charge in [-0.15, -0.1) is 0 Å². The van der Waals surface area contributed by atoms with Crippen LogP contribution in [0.2, 0.25) is 0 Å². The number of pyridine rings is 1. The Morgan fingerprint density at radius 2 is 2.50 bits per heavy atom. The molecular formula is C6H6IN3. The van der Waals surface area contributed by atoms with Crippen LogP contribution in [0.1, 0.15) is 0 Å². The zero-order chi connectivity index (χ0) is 6.97. The molecule has 0 fully saturated rings. The number of hydrogen-bond donors (Lipinski definition) is 0. The second kappa shape index (κ2) is 2.26. The van der Waals surface area contributed by atoms with Gasteiger partial charge in [-0.2, -0.15) is 3.15 Å². The third-order valence-corrected chi connectivity index (χ3v) is 3.17. The molecule has 4 heteroatoms. The van der Waals surface area contributed by atoms with Gasteiger partial charge in [0.2, 0.25) is 0 Å². The highest BCUT2D eigenvalue weighted by atomic mass is 127. The number of fused-ring (bicyclic) bond motifs is 1. The van der Waals surface area contributed by atoms with Crippen LogP contribution in [0.25, 0.3) is 0 Å². The van der Waals surface area contributed by atoms with Crippen LogP contribution in [0.3, 0.4) is 0 Å². The van der Waals surface area contributed by atoms with Crippen molar-refractivity contribution < 1.29 is 0 Å². The fourth-order valence-corrected chi connectivity index (χ4v) is 2.34. The van der Waals surface area contributed by atoms with Gasteiger partial charge in [-0.3, -0.25) is 0 Å². The monoisotopic (exact) mass is 247 g/mol. The van der Waals surface area contributed by atoms with E-state index in [0.717, 1.165) is 5.82 Å². The quantitative estimate of drug-likeness (QED) is 0.519. The molecular weight excluding hydrogens is 241 g/mol. The van der Waals surface area contributed by atoms with Crippen molar-refractivity contribution in [3.8, 4) is 0 Å². The van der Waals surface area contributed by atoms with E-state index >= 15 is 0 Å². The molecule has 0 saturated carbocycles. The van der Waals surface area contributed by atoms with E-state index in [1.807, 2.05) is 6.07 Å². The molecule has 2 rings (SSSR count). The smallest absolute Gasteiger partial charge is 0.183 e. The minimum Gasteiger partial charge on any atom is -0.305 e. The highest BCUT2D eigenvalue weighted by Crippen LogP contribution is 2.38. The topological polar surface area (TPSA) is 28.5 Å². The molecule has 0 radical (unpaired) electrons. The lowest BCUT2D eigenvalue weighted by Gasteiger charge is -2.04. The van der Waals surface area contributed by atoms with Crippen LogP contribution in [0, 0.1) is 0 Å². The Balaban J connectivity index is 2.59. The summed E-state index contributed by atoms with van der Waals surface area (Å²) in [6.45, 7) is 0. The molecule has 0 spiro atoms. The van der Waals surface area contributed by atoms with Crippen LogP contribution in [0.5, 0.6) is 0 Å². The minimum atomic E-state index is -0.154. The highest BCUT2D eigenvalue weighted by molar-refractivity contribution is 14.2. The molecule has 1 aromatic rings. The van der Waals surface area contributed by atoms with Crippen LogP contribution < -0.4 is 3.11 Å². The van der Waals surface area contributed by atoms with E-state index in [-0.39, 0.29) is 21.3 Å². The Morgan fingerprint density at radius 1 is 1.60 bits per heavy atom. The third-order valence-electron chi connectivity index (χ3n) is 1.33. The number of halogens is 1. The van der Waals surface area contributed by atoms with Crippen molar-refractivity contribution >= 4 is 32.8 Å². The summed E-state index contributed by atoms with van der Waals surface area (Å²) in [7, 11) is 2.06. The largest absolute Gasteiger partial charge is 0.305 e. The van der Waals surface area contributed by atoms with E-state index in [2.05, 4.69) is 24.4 Å². The van der Waals surface area contributed by atoms with E-state index < -0.39 is 0 Å². The number of rotatable bonds is 0. The van der Waals surface area contributed by atoms with E-state index in [1.54, 1.807) is 6.20 Å². The Bertz CT molecular complexity index is 284. The maximum atomic E-state index is 4.31. The zero-order valence-corrected chi connectivity index (χ0v) is 7.61. The normalized spacial score (nSPS) is 14.7. The molecule has 0 atom stereocenters. The summed E-state index contributed by atoms with van der Waals surface area (Å²) >= 11 is -0.154. The van der Waals surface area contributed by atoms with Gasteiger partial charge < -0.3 is 3.11 Å². The fraction of sp³-hybridized carbons (Fsp3) is 0.167. The van der Waals surface area contributed by atoms with Gasteiger partial charge in [0.1, 0.15) is 21.3 Å². The molecule has 3 nitrogen and oxygen atoms in total.